The van der Waals surface area contributed by atoms with Gasteiger partial charge >= 0.3 is 11.8 Å². The second kappa shape index (κ2) is 4.56. The Labute approximate surface area is 108 Å². The van der Waals surface area contributed by atoms with Crippen molar-refractivity contribution in [1.82, 2.24) is 9.80 Å². The first-order valence-electron chi connectivity index (χ1n) is 7.23. The summed E-state index contributed by atoms with van der Waals surface area (Å²) >= 11 is 0. The van der Waals surface area contributed by atoms with Gasteiger partial charge in [0.1, 0.15) is 0 Å². The van der Waals surface area contributed by atoms with Crippen LogP contribution in [0.1, 0.15) is 38.5 Å². The lowest BCUT2D eigenvalue weighted by molar-refractivity contribution is -0.150. The molecular weight excluding hydrogens is 228 g/mol. The molecule has 0 N–H and O–H groups in total. The molecule has 0 bridgehead atoms. The van der Waals surface area contributed by atoms with Crippen LogP contribution in [0.2, 0.25) is 0 Å². The van der Waals surface area contributed by atoms with Gasteiger partial charge < -0.3 is 9.80 Å². The third-order valence-corrected chi connectivity index (χ3v) is 4.86. The normalized spacial score (nSPS) is 31.1. The second-order valence-electron chi connectivity index (χ2n) is 6.16. The molecule has 2 aliphatic carbocycles. The monoisotopic (exact) mass is 250 g/mol. The standard InChI is InChI=1S/C14H22N2O2/c1-15(12-6-7-12)13(17)14(18)16-8-10-4-2-3-5-11(10)9-16/h10-12H,2-9H2,1H3/t10-,11+. The highest BCUT2D eigenvalue weighted by atomic mass is 16.2. The van der Waals surface area contributed by atoms with Crippen molar-refractivity contribution in [3.05, 3.63) is 0 Å². The highest BCUT2D eigenvalue weighted by molar-refractivity contribution is 6.35. The third-order valence-electron chi connectivity index (χ3n) is 4.86. The van der Waals surface area contributed by atoms with Crippen molar-refractivity contribution in [2.45, 2.75) is 44.6 Å². The van der Waals surface area contributed by atoms with E-state index in [1.165, 1.54) is 25.7 Å². The van der Waals surface area contributed by atoms with Gasteiger partial charge in [0.15, 0.2) is 0 Å². The van der Waals surface area contributed by atoms with Crippen LogP contribution in [0.5, 0.6) is 0 Å². The number of likely N-dealkylation sites (N-methyl/N-ethyl adjacent to an activating group) is 1. The molecule has 18 heavy (non-hydrogen) atoms. The van der Waals surface area contributed by atoms with Gasteiger partial charge in [0, 0.05) is 26.2 Å². The molecule has 0 aromatic carbocycles. The summed E-state index contributed by atoms with van der Waals surface area (Å²) in [6.45, 7) is 1.63. The van der Waals surface area contributed by atoms with Crippen LogP contribution in [0.4, 0.5) is 0 Å². The number of hydrogen-bond donors (Lipinski definition) is 0. The third kappa shape index (κ3) is 2.13. The Kier molecular flexibility index (Phi) is 3.04. The van der Waals surface area contributed by atoms with E-state index in [0.717, 1.165) is 25.9 Å². The van der Waals surface area contributed by atoms with E-state index in [9.17, 15) is 9.59 Å². The summed E-state index contributed by atoms with van der Waals surface area (Å²) in [5.74, 6) is 0.749. The van der Waals surface area contributed by atoms with Crippen molar-refractivity contribution in [1.29, 1.82) is 0 Å². The van der Waals surface area contributed by atoms with E-state index in [-0.39, 0.29) is 11.8 Å². The van der Waals surface area contributed by atoms with Crippen molar-refractivity contribution in [3.63, 3.8) is 0 Å². The van der Waals surface area contributed by atoms with Gasteiger partial charge in [0.2, 0.25) is 0 Å². The Bertz CT molecular complexity index is 351. The van der Waals surface area contributed by atoms with Gasteiger partial charge in [-0.05, 0) is 37.5 Å². The smallest absolute Gasteiger partial charge is 0.312 e. The summed E-state index contributed by atoms with van der Waals surface area (Å²) in [5, 5.41) is 0. The van der Waals surface area contributed by atoms with Crippen LogP contribution in [0.3, 0.4) is 0 Å². The molecule has 3 aliphatic rings. The van der Waals surface area contributed by atoms with E-state index in [0.29, 0.717) is 17.9 Å². The van der Waals surface area contributed by atoms with E-state index in [1.54, 1.807) is 11.9 Å². The molecule has 1 aliphatic heterocycles. The predicted molar refractivity (Wildman–Crippen MR) is 67.8 cm³/mol. The van der Waals surface area contributed by atoms with Crippen LogP contribution in [0.15, 0.2) is 0 Å². The van der Waals surface area contributed by atoms with Gasteiger partial charge in [0.25, 0.3) is 0 Å². The molecule has 1 heterocycles. The maximum atomic E-state index is 12.2. The number of amides is 2. The first-order valence-corrected chi connectivity index (χ1v) is 7.23. The SMILES string of the molecule is CN(C(=O)C(=O)N1C[C@H]2CCCC[C@H]2C1)C1CC1. The van der Waals surface area contributed by atoms with Crippen LogP contribution < -0.4 is 0 Å². The van der Waals surface area contributed by atoms with E-state index in [1.807, 2.05) is 4.90 Å². The molecule has 0 radical (unpaired) electrons. The van der Waals surface area contributed by atoms with Gasteiger partial charge in [-0.1, -0.05) is 12.8 Å². The average Bonchev–Trinajstić information content (AvgIpc) is 3.14. The predicted octanol–water partition coefficient (Wildman–Crippen LogP) is 1.26. The molecule has 4 heteroatoms. The van der Waals surface area contributed by atoms with Crippen molar-refractivity contribution in [3.8, 4) is 0 Å². The number of carbonyl (C=O) groups excluding carboxylic acids is 2. The second-order valence-corrected chi connectivity index (χ2v) is 6.16. The van der Waals surface area contributed by atoms with Gasteiger partial charge in [-0.15, -0.1) is 0 Å². The molecule has 100 valence electrons. The topological polar surface area (TPSA) is 40.6 Å². The molecule has 4 nitrogen and oxygen atoms in total. The molecule has 3 fully saturated rings. The van der Waals surface area contributed by atoms with Crippen LogP contribution >= 0.6 is 0 Å². The minimum absolute atomic E-state index is 0.265. The van der Waals surface area contributed by atoms with Crippen LogP contribution in [-0.4, -0.2) is 47.8 Å². The van der Waals surface area contributed by atoms with Gasteiger partial charge in [0.05, 0.1) is 0 Å². The number of fused-ring (bicyclic) bond motifs is 1. The van der Waals surface area contributed by atoms with E-state index >= 15 is 0 Å². The lowest BCUT2D eigenvalue weighted by Gasteiger charge is -2.22. The fourth-order valence-corrected chi connectivity index (χ4v) is 3.49. The minimum atomic E-state index is -0.295. The highest BCUT2D eigenvalue weighted by Gasteiger charge is 2.40. The Morgan fingerprint density at radius 2 is 1.56 bits per heavy atom. The summed E-state index contributed by atoms with van der Waals surface area (Å²) in [5.41, 5.74) is 0. The maximum Gasteiger partial charge on any atom is 0.312 e. The lowest BCUT2D eigenvalue weighted by Crippen LogP contribution is -2.43. The molecule has 2 atom stereocenters. The summed E-state index contributed by atoms with van der Waals surface area (Å²) in [7, 11) is 1.76. The molecule has 0 unspecified atom stereocenters. The van der Waals surface area contributed by atoms with Crippen LogP contribution in [-0.2, 0) is 9.59 Å². The van der Waals surface area contributed by atoms with Crippen molar-refractivity contribution in [2.24, 2.45) is 11.8 Å². The highest BCUT2D eigenvalue weighted by Crippen LogP contribution is 2.36. The maximum absolute atomic E-state index is 12.2. The fraction of sp³-hybridized carbons (Fsp3) is 0.857. The van der Waals surface area contributed by atoms with E-state index in [2.05, 4.69) is 0 Å². The van der Waals surface area contributed by atoms with Crippen molar-refractivity contribution < 1.29 is 9.59 Å². The Balaban J connectivity index is 1.61. The quantitative estimate of drug-likeness (QED) is 0.657. The molecule has 0 spiro atoms. The lowest BCUT2D eigenvalue weighted by atomic mass is 9.82. The molecule has 0 aromatic rings. The summed E-state index contributed by atoms with van der Waals surface area (Å²) < 4.78 is 0. The zero-order chi connectivity index (χ0) is 12.7. The largest absolute Gasteiger partial charge is 0.335 e. The molecule has 2 amide bonds. The van der Waals surface area contributed by atoms with Gasteiger partial charge in [-0.3, -0.25) is 9.59 Å². The summed E-state index contributed by atoms with van der Waals surface area (Å²) in [6, 6.07) is 0.325. The molecule has 2 saturated carbocycles. The molecule has 1 saturated heterocycles. The van der Waals surface area contributed by atoms with Crippen molar-refractivity contribution in [2.75, 3.05) is 20.1 Å². The van der Waals surface area contributed by atoms with Crippen LogP contribution in [0, 0.1) is 11.8 Å². The summed E-state index contributed by atoms with van der Waals surface area (Å²) in [4.78, 5) is 27.7. The first-order chi connectivity index (χ1) is 8.66. The molecule has 0 aromatic heterocycles. The Hall–Kier alpha value is -1.06. The minimum Gasteiger partial charge on any atom is -0.335 e. The van der Waals surface area contributed by atoms with E-state index in [4.69, 9.17) is 0 Å². The average molecular weight is 250 g/mol. The van der Waals surface area contributed by atoms with E-state index < -0.39 is 0 Å². The number of rotatable bonds is 1. The van der Waals surface area contributed by atoms with Crippen molar-refractivity contribution >= 4 is 11.8 Å². The fourth-order valence-electron chi connectivity index (χ4n) is 3.49. The Morgan fingerprint density at radius 3 is 2.06 bits per heavy atom. The van der Waals surface area contributed by atoms with Gasteiger partial charge in [-0.2, -0.15) is 0 Å². The van der Waals surface area contributed by atoms with Crippen LogP contribution in [0.25, 0.3) is 0 Å². The summed E-state index contributed by atoms with van der Waals surface area (Å²) in [6.07, 6.45) is 7.17. The number of likely N-dealkylation sites (tertiary alicyclic amines) is 1. The number of carbonyl (C=O) groups is 2. The Morgan fingerprint density at radius 1 is 1.00 bits per heavy atom. The number of hydrogen-bond acceptors (Lipinski definition) is 2. The molecular formula is C14H22N2O2. The molecule has 3 rings (SSSR count). The van der Waals surface area contributed by atoms with Gasteiger partial charge in [-0.25, -0.2) is 0 Å². The zero-order valence-corrected chi connectivity index (χ0v) is 11.1. The zero-order valence-electron chi connectivity index (χ0n) is 11.1. The number of nitrogens with zero attached hydrogens (tertiary/aromatic N) is 2. The first kappa shape index (κ1) is 12.0.